The number of guanidine groups is 1. The van der Waals surface area contributed by atoms with Crippen LogP contribution in [-0.4, -0.2) is 65.0 Å². The summed E-state index contributed by atoms with van der Waals surface area (Å²) < 4.78 is 5.91. The fraction of sp³-hybridized carbons (Fsp3) is 0.625. The number of ether oxygens (including phenoxy) is 1. The predicted molar refractivity (Wildman–Crippen MR) is 122 cm³/mol. The Morgan fingerprint density at radius 1 is 1.19 bits per heavy atom. The molecule has 0 unspecified atom stereocenters. The van der Waals surface area contributed by atoms with Crippen molar-refractivity contribution in [3.05, 3.63) is 23.8 Å². The van der Waals surface area contributed by atoms with Gasteiger partial charge in [0.15, 0.2) is 0 Å². The molecule has 1 saturated heterocycles. The molecule has 174 valence electrons. The second-order valence-corrected chi connectivity index (χ2v) is 8.89. The number of unbranched alkanes of at least 4 members (excludes halogenated alkanes) is 2. The normalized spacial score (nSPS) is 18.0. The number of aliphatic hydroxyl groups is 1. The fourth-order valence-electron chi connectivity index (χ4n) is 4.83. The zero-order valence-corrected chi connectivity index (χ0v) is 18.7. The van der Waals surface area contributed by atoms with Crippen LogP contribution in [-0.2, 0) is 16.1 Å². The molecule has 0 aromatic heterocycles. The number of rotatable bonds is 10. The summed E-state index contributed by atoms with van der Waals surface area (Å²) in [5.74, 6) is 1.59. The third kappa shape index (κ3) is 5.59. The molecule has 32 heavy (non-hydrogen) atoms. The van der Waals surface area contributed by atoms with E-state index in [1.165, 1.54) is 19.3 Å². The molecule has 2 N–H and O–H groups in total. The maximum atomic E-state index is 12.7. The Balaban J connectivity index is 1.17. The zero-order valence-electron chi connectivity index (χ0n) is 18.7. The van der Waals surface area contributed by atoms with Gasteiger partial charge in [0.2, 0.25) is 17.8 Å². The number of nitrogens with one attached hydrogen (secondary N) is 1. The van der Waals surface area contributed by atoms with Gasteiger partial charge in [-0.05, 0) is 50.3 Å². The average Bonchev–Trinajstić information content (AvgIpc) is 3.17. The van der Waals surface area contributed by atoms with Gasteiger partial charge in [-0.15, -0.1) is 0 Å². The molecule has 0 spiro atoms. The van der Waals surface area contributed by atoms with E-state index < -0.39 is 0 Å². The number of carbonyl (C=O) groups is 2. The molecular formula is C24H34N4O4. The number of hydrogen-bond donors (Lipinski definition) is 2. The standard InChI is InChI=1S/C24H34N4O4/c29-13-12-28(19-7-3-1-4-8-19)23(31)9-5-2-6-14-32-20-10-11-21-18(15-20)16-27-17-22(30)26-24(27)25-21/h10-11,15,19,29H,1-9,12-14,16-17H2,(H,25,26,30). The quantitative estimate of drug-likeness (QED) is 0.544. The first-order valence-electron chi connectivity index (χ1n) is 11.9. The van der Waals surface area contributed by atoms with Crippen LogP contribution in [0.3, 0.4) is 0 Å². The van der Waals surface area contributed by atoms with E-state index in [-0.39, 0.29) is 18.4 Å². The average molecular weight is 443 g/mol. The Bertz CT molecular complexity index is 850. The smallest absolute Gasteiger partial charge is 0.246 e. The van der Waals surface area contributed by atoms with Crippen molar-refractivity contribution < 1.29 is 19.4 Å². The van der Waals surface area contributed by atoms with Crippen molar-refractivity contribution in [3.63, 3.8) is 0 Å². The van der Waals surface area contributed by atoms with Gasteiger partial charge in [-0.1, -0.05) is 19.3 Å². The van der Waals surface area contributed by atoms with Crippen LogP contribution >= 0.6 is 0 Å². The molecule has 2 heterocycles. The second kappa shape index (κ2) is 10.8. The minimum Gasteiger partial charge on any atom is -0.494 e. The number of benzene rings is 1. The molecular weight excluding hydrogens is 408 g/mol. The lowest BCUT2D eigenvalue weighted by atomic mass is 9.94. The van der Waals surface area contributed by atoms with E-state index in [9.17, 15) is 14.7 Å². The summed E-state index contributed by atoms with van der Waals surface area (Å²) in [6, 6.07) is 6.15. The predicted octanol–water partition coefficient (Wildman–Crippen LogP) is 2.71. The van der Waals surface area contributed by atoms with E-state index in [1.807, 2.05) is 28.0 Å². The Morgan fingerprint density at radius 2 is 2.03 bits per heavy atom. The lowest BCUT2D eigenvalue weighted by Crippen LogP contribution is -2.43. The first-order chi connectivity index (χ1) is 15.6. The molecule has 1 aromatic rings. The maximum Gasteiger partial charge on any atom is 0.246 e. The van der Waals surface area contributed by atoms with Crippen LogP contribution in [0.15, 0.2) is 23.2 Å². The molecule has 1 aromatic carbocycles. The highest BCUT2D eigenvalue weighted by atomic mass is 16.5. The van der Waals surface area contributed by atoms with E-state index in [0.717, 1.165) is 49.1 Å². The van der Waals surface area contributed by atoms with Gasteiger partial charge in [-0.25, -0.2) is 4.99 Å². The molecule has 0 atom stereocenters. The van der Waals surface area contributed by atoms with Crippen molar-refractivity contribution in [1.29, 1.82) is 0 Å². The number of aliphatic hydroxyl groups excluding tert-OH is 1. The van der Waals surface area contributed by atoms with Crippen molar-refractivity contribution in [1.82, 2.24) is 15.1 Å². The number of carbonyl (C=O) groups excluding carboxylic acids is 2. The van der Waals surface area contributed by atoms with Crippen molar-refractivity contribution in [2.24, 2.45) is 4.99 Å². The largest absolute Gasteiger partial charge is 0.494 e. The van der Waals surface area contributed by atoms with E-state index >= 15 is 0 Å². The van der Waals surface area contributed by atoms with E-state index in [4.69, 9.17) is 4.74 Å². The van der Waals surface area contributed by atoms with Gasteiger partial charge >= 0.3 is 0 Å². The number of fused-ring (bicyclic) bond motifs is 2. The van der Waals surface area contributed by atoms with E-state index in [2.05, 4.69) is 10.3 Å². The number of aliphatic imine (C=N–C) groups is 1. The fourth-order valence-corrected chi connectivity index (χ4v) is 4.83. The van der Waals surface area contributed by atoms with Crippen molar-refractivity contribution in [2.45, 2.75) is 70.4 Å². The van der Waals surface area contributed by atoms with Gasteiger partial charge in [0.25, 0.3) is 0 Å². The highest BCUT2D eigenvalue weighted by Gasteiger charge is 2.29. The highest BCUT2D eigenvalue weighted by Crippen LogP contribution is 2.30. The van der Waals surface area contributed by atoms with Gasteiger partial charge in [-0.3, -0.25) is 14.9 Å². The molecule has 0 bridgehead atoms. The molecule has 2 amide bonds. The molecule has 0 radical (unpaired) electrons. The maximum absolute atomic E-state index is 12.7. The van der Waals surface area contributed by atoms with Gasteiger partial charge in [0.1, 0.15) is 12.3 Å². The first kappa shape index (κ1) is 22.6. The first-order valence-corrected chi connectivity index (χ1v) is 11.9. The Hall–Kier alpha value is -2.61. The minimum absolute atomic E-state index is 0.0234. The van der Waals surface area contributed by atoms with Crippen molar-refractivity contribution >= 4 is 23.5 Å². The van der Waals surface area contributed by atoms with Crippen LogP contribution in [0.2, 0.25) is 0 Å². The van der Waals surface area contributed by atoms with Gasteiger partial charge < -0.3 is 19.6 Å². The topological polar surface area (TPSA) is 94.5 Å². The van der Waals surface area contributed by atoms with Gasteiger partial charge in [0, 0.05) is 31.1 Å². The SMILES string of the molecule is O=C1CN2Cc3cc(OCCCCCC(=O)N(CCO)C4CCCCC4)ccc3N=C2N1. The van der Waals surface area contributed by atoms with Crippen molar-refractivity contribution in [3.8, 4) is 5.75 Å². The Kier molecular flexibility index (Phi) is 7.63. The van der Waals surface area contributed by atoms with E-state index in [0.29, 0.717) is 44.7 Å². The van der Waals surface area contributed by atoms with Gasteiger partial charge in [0.05, 0.1) is 18.9 Å². The summed E-state index contributed by atoms with van der Waals surface area (Å²) in [5.41, 5.74) is 1.93. The summed E-state index contributed by atoms with van der Waals surface area (Å²) >= 11 is 0. The molecule has 8 nitrogen and oxygen atoms in total. The Labute approximate surface area is 189 Å². The molecule has 2 fully saturated rings. The van der Waals surface area contributed by atoms with E-state index in [1.54, 1.807) is 0 Å². The lowest BCUT2D eigenvalue weighted by molar-refractivity contribution is -0.135. The monoisotopic (exact) mass is 442 g/mol. The van der Waals surface area contributed by atoms with Crippen LogP contribution in [0.5, 0.6) is 5.75 Å². The summed E-state index contributed by atoms with van der Waals surface area (Å²) in [7, 11) is 0. The second-order valence-electron chi connectivity index (χ2n) is 8.89. The summed E-state index contributed by atoms with van der Waals surface area (Å²) in [5, 5.41) is 12.1. The number of hydrogen-bond acceptors (Lipinski definition) is 6. The van der Waals surface area contributed by atoms with Crippen LogP contribution < -0.4 is 10.1 Å². The van der Waals surface area contributed by atoms with Crippen molar-refractivity contribution in [2.75, 3.05) is 26.3 Å². The molecule has 3 aliphatic rings. The summed E-state index contributed by atoms with van der Waals surface area (Å²) in [4.78, 5) is 32.6. The minimum atomic E-state index is -0.0234. The third-order valence-electron chi connectivity index (χ3n) is 6.50. The molecule has 8 heteroatoms. The van der Waals surface area contributed by atoms with Crippen LogP contribution in [0, 0.1) is 0 Å². The molecule has 2 aliphatic heterocycles. The van der Waals surface area contributed by atoms with Crippen LogP contribution in [0.1, 0.15) is 63.4 Å². The summed E-state index contributed by atoms with van der Waals surface area (Å²) in [6.45, 7) is 2.09. The van der Waals surface area contributed by atoms with Crippen LogP contribution in [0.25, 0.3) is 0 Å². The zero-order chi connectivity index (χ0) is 22.3. The summed E-state index contributed by atoms with van der Waals surface area (Å²) in [6.07, 6.45) is 8.96. The number of amides is 2. The highest BCUT2D eigenvalue weighted by molar-refractivity contribution is 6.05. The molecule has 1 aliphatic carbocycles. The third-order valence-corrected chi connectivity index (χ3v) is 6.50. The van der Waals surface area contributed by atoms with Crippen LogP contribution in [0.4, 0.5) is 5.69 Å². The Morgan fingerprint density at radius 3 is 2.84 bits per heavy atom. The molecule has 1 saturated carbocycles. The molecule has 4 rings (SSSR count). The van der Waals surface area contributed by atoms with Gasteiger partial charge in [-0.2, -0.15) is 0 Å². The number of nitrogens with zero attached hydrogens (tertiary/aromatic N) is 3. The lowest BCUT2D eigenvalue weighted by Gasteiger charge is -2.34.